The van der Waals surface area contributed by atoms with Crippen molar-refractivity contribution in [2.24, 2.45) is 7.05 Å². The molecule has 0 saturated carbocycles. The van der Waals surface area contributed by atoms with Crippen LogP contribution in [0.5, 0.6) is 0 Å². The van der Waals surface area contributed by atoms with E-state index in [2.05, 4.69) is 4.98 Å². The average Bonchev–Trinajstić information content (AvgIpc) is 2.17. The van der Waals surface area contributed by atoms with E-state index < -0.39 is 5.97 Å². The van der Waals surface area contributed by atoms with Crippen LogP contribution in [0.1, 0.15) is 11.4 Å². The molecule has 0 fully saturated rings. The highest BCUT2D eigenvalue weighted by Gasteiger charge is 2.09. The number of hydrogen-bond donors (Lipinski definition) is 2. The number of imidazole rings is 1. The smallest absolute Gasteiger partial charge is 0.325 e. The molecule has 0 radical (unpaired) electrons. The van der Waals surface area contributed by atoms with Gasteiger partial charge in [0.15, 0.2) is 0 Å². The Morgan fingerprint density at radius 2 is 2.25 bits per heavy atom. The summed E-state index contributed by atoms with van der Waals surface area (Å²) >= 11 is 0. The van der Waals surface area contributed by atoms with Crippen LogP contribution in [0.2, 0.25) is 0 Å². The maximum atomic E-state index is 11.0. The summed E-state index contributed by atoms with van der Waals surface area (Å²) in [5.41, 5.74) is 0.862. The lowest BCUT2D eigenvalue weighted by Crippen LogP contribution is -2.13. The molecule has 0 aliphatic carbocycles. The molecule has 0 atom stereocenters. The Balaban J connectivity index is 3.09. The molecule has 0 aliphatic rings. The van der Waals surface area contributed by atoms with Gasteiger partial charge in [-0.15, -0.1) is 0 Å². The topological polar surface area (TPSA) is 75.1 Å². The van der Waals surface area contributed by atoms with Gasteiger partial charge in [0.25, 0.3) is 0 Å². The number of H-pyrrole nitrogens is 1. The van der Waals surface area contributed by atoms with Crippen molar-refractivity contribution in [3.05, 3.63) is 21.9 Å². The molecule has 0 spiro atoms. The van der Waals surface area contributed by atoms with Gasteiger partial charge in [0.05, 0.1) is 6.42 Å². The van der Waals surface area contributed by atoms with E-state index in [4.69, 9.17) is 5.11 Å². The fourth-order valence-electron chi connectivity index (χ4n) is 0.981. The minimum Gasteiger partial charge on any atom is -0.481 e. The van der Waals surface area contributed by atoms with Gasteiger partial charge in [-0.3, -0.25) is 9.36 Å². The second-order valence-corrected chi connectivity index (χ2v) is 2.62. The fourth-order valence-corrected chi connectivity index (χ4v) is 0.981. The molecule has 0 saturated heterocycles. The van der Waals surface area contributed by atoms with E-state index >= 15 is 0 Å². The third-order valence-electron chi connectivity index (χ3n) is 1.83. The highest BCUT2D eigenvalue weighted by molar-refractivity contribution is 5.69. The molecule has 66 valence electrons. The summed E-state index contributed by atoms with van der Waals surface area (Å²) in [6.07, 6.45) is -0.137. The van der Waals surface area contributed by atoms with Gasteiger partial charge in [0.1, 0.15) is 0 Å². The van der Waals surface area contributed by atoms with Gasteiger partial charge in [-0.1, -0.05) is 0 Å². The first-order valence-corrected chi connectivity index (χ1v) is 3.48. The van der Waals surface area contributed by atoms with Gasteiger partial charge < -0.3 is 10.1 Å². The van der Waals surface area contributed by atoms with Crippen LogP contribution < -0.4 is 5.69 Å². The van der Waals surface area contributed by atoms with Gasteiger partial charge in [0, 0.05) is 18.4 Å². The van der Waals surface area contributed by atoms with Crippen LogP contribution in [0, 0.1) is 6.92 Å². The molecule has 12 heavy (non-hydrogen) atoms. The zero-order chi connectivity index (χ0) is 9.30. The van der Waals surface area contributed by atoms with Crippen LogP contribution in [0.15, 0.2) is 4.79 Å². The minimum absolute atomic E-state index is 0.137. The number of aromatic amines is 1. The van der Waals surface area contributed by atoms with E-state index in [1.807, 2.05) is 0 Å². The zero-order valence-corrected chi connectivity index (χ0v) is 6.92. The van der Waals surface area contributed by atoms with Gasteiger partial charge >= 0.3 is 11.7 Å². The Morgan fingerprint density at radius 1 is 1.67 bits per heavy atom. The Labute approximate surface area is 68.6 Å². The van der Waals surface area contributed by atoms with Crippen LogP contribution in [0.3, 0.4) is 0 Å². The number of rotatable bonds is 2. The number of hydrogen-bond acceptors (Lipinski definition) is 2. The molecule has 0 amide bonds. The average molecular weight is 170 g/mol. The molecule has 5 heteroatoms. The van der Waals surface area contributed by atoms with Crippen molar-refractivity contribution >= 4 is 5.97 Å². The van der Waals surface area contributed by atoms with E-state index in [1.54, 1.807) is 14.0 Å². The number of carbonyl (C=O) groups is 1. The molecule has 2 N–H and O–H groups in total. The summed E-state index contributed by atoms with van der Waals surface area (Å²) in [6, 6.07) is 0. The molecular weight excluding hydrogens is 160 g/mol. The van der Waals surface area contributed by atoms with Gasteiger partial charge in [-0.25, -0.2) is 4.79 Å². The Bertz CT molecular complexity index is 361. The van der Waals surface area contributed by atoms with Gasteiger partial charge in [0.2, 0.25) is 0 Å². The quantitative estimate of drug-likeness (QED) is 0.637. The summed E-state index contributed by atoms with van der Waals surface area (Å²) in [6.45, 7) is 1.70. The molecule has 0 bridgehead atoms. The van der Waals surface area contributed by atoms with E-state index in [0.717, 1.165) is 0 Å². The highest BCUT2D eigenvalue weighted by atomic mass is 16.4. The third kappa shape index (κ3) is 1.39. The highest BCUT2D eigenvalue weighted by Crippen LogP contribution is 2.00. The van der Waals surface area contributed by atoms with Crippen molar-refractivity contribution in [3.63, 3.8) is 0 Å². The van der Waals surface area contributed by atoms with Crippen molar-refractivity contribution in [2.45, 2.75) is 13.3 Å². The molecular formula is C7H10N2O3. The van der Waals surface area contributed by atoms with Crippen molar-refractivity contribution in [2.75, 3.05) is 0 Å². The first kappa shape index (κ1) is 8.58. The fraction of sp³-hybridized carbons (Fsp3) is 0.429. The van der Waals surface area contributed by atoms with Crippen LogP contribution in [0.25, 0.3) is 0 Å². The summed E-state index contributed by atoms with van der Waals surface area (Å²) in [5, 5.41) is 8.46. The van der Waals surface area contributed by atoms with Crippen molar-refractivity contribution in [3.8, 4) is 0 Å². The van der Waals surface area contributed by atoms with Crippen LogP contribution >= 0.6 is 0 Å². The van der Waals surface area contributed by atoms with E-state index in [-0.39, 0.29) is 12.1 Å². The molecule has 1 aromatic heterocycles. The van der Waals surface area contributed by atoms with Gasteiger partial charge in [-0.05, 0) is 6.92 Å². The maximum Gasteiger partial charge on any atom is 0.325 e. The Hall–Kier alpha value is -1.52. The van der Waals surface area contributed by atoms with Crippen LogP contribution in [-0.2, 0) is 18.3 Å². The summed E-state index contributed by atoms with van der Waals surface area (Å²) < 4.78 is 1.39. The second-order valence-electron chi connectivity index (χ2n) is 2.62. The lowest BCUT2D eigenvalue weighted by Gasteiger charge is -1.95. The first-order valence-electron chi connectivity index (χ1n) is 3.48. The van der Waals surface area contributed by atoms with Gasteiger partial charge in [-0.2, -0.15) is 0 Å². The minimum atomic E-state index is -0.944. The number of nitrogens with zero attached hydrogens (tertiary/aromatic N) is 1. The zero-order valence-electron chi connectivity index (χ0n) is 6.92. The van der Waals surface area contributed by atoms with E-state index in [0.29, 0.717) is 11.4 Å². The molecule has 0 unspecified atom stereocenters. The van der Waals surface area contributed by atoms with E-state index in [1.165, 1.54) is 4.57 Å². The van der Waals surface area contributed by atoms with Crippen LogP contribution in [0.4, 0.5) is 0 Å². The summed E-state index contributed by atoms with van der Waals surface area (Å²) in [7, 11) is 1.60. The number of carboxylic acids is 1. The second kappa shape index (κ2) is 2.84. The lowest BCUT2D eigenvalue weighted by molar-refractivity contribution is -0.136. The molecule has 1 rings (SSSR count). The van der Waals surface area contributed by atoms with Crippen molar-refractivity contribution < 1.29 is 9.90 Å². The van der Waals surface area contributed by atoms with Crippen LogP contribution in [-0.4, -0.2) is 20.6 Å². The standard InChI is InChI=1S/C7H10N2O3/c1-4-5(3-6(10)11)8-7(12)9(4)2/h3H2,1-2H3,(H,8,12)(H,10,11). The van der Waals surface area contributed by atoms with E-state index in [9.17, 15) is 9.59 Å². The van der Waals surface area contributed by atoms with Crippen molar-refractivity contribution in [1.82, 2.24) is 9.55 Å². The predicted molar refractivity (Wildman–Crippen MR) is 42.1 cm³/mol. The Kier molecular flexibility index (Phi) is 2.03. The maximum absolute atomic E-state index is 11.0. The number of aliphatic carboxylic acids is 1. The molecule has 0 aromatic carbocycles. The molecule has 0 aliphatic heterocycles. The normalized spacial score (nSPS) is 10.2. The predicted octanol–water partition coefficient (Wildman–Crippen LogP) is -0.351. The number of nitrogens with one attached hydrogen (secondary N) is 1. The molecule has 1 aromatic rings. The SMILES string of the molecule is Cc1c(CC(=O)O)[nH]c(=O)n1C. The first-order chi connectivity index (χ1) is 5.52. The summed E-state index contributed by atoms with van der Waals surface area (Å²) in [4.78, 5) is 23.7. The number of aromatic nitrogens is 2. The lowest BCUT2D eigenvalue weighted by atomic mass is 10.2. The monoisotopic (exact) mass is 170 g/mol. The molecule has 5 nitrogen and oxygen atoms in total. The largest absolute Gasteiger partial charge is 0.481 e. The molecule has 1 heterocycles. The third-order valence-corrected chi connectivity index (χ3v) is 1.83. The summed E-state index contributed by atoms with van der Waals surface area (Å²) in [5.74, 6) is -0.944. The van der Waals surface area contributed by atoms with Crippen molar-refractivity contribution in [1.29, 1.82) is 0 Å². The Morgan fingerprint density at radius 3 is 2.58 bits per heavy atom. The number of carboxylic acid groups (broad SMARTS) is 1.